The Balaban J connectivity index is 2.30. The molecule has 0 radical (unpaired) electrons. The number of nitrogens with zero attached hydrogens (tertiary/aromatic N) is 3. The number of hydrogen-bond donors (Lipinski definition) is 1. The van der Waals surface area contributed by atoms with Gasteiger partial charge < -0.3 is 10.3 Å². The van der Waals surface area contributed by atoms with Crippen LogP contribution in [0.15, 0.2) is 30.6 Å². The number of hydrogen-bond acceptors (Lipinski definition) is 3. The van der Waals surface area contributed by atoms with Gasteiger partial charge in [0.1, 0.15) is 23.0 Å². The average molecular weight is 260 g/mol. The first kappa shape index (κ1) is 11.6. The van der Waals surface area contributed by atoms with Crippen molar-refractivity contribution in [3.8, 4) is 11.4 Å². The molecule has 0 aliphatic carbocycles. The standard InChI is InChI=1S/C13H10F2N4/c1-19-12-2-3-17-6-11(12)18-13(19)7-4-10(16)9(15)5-8(7)14/h2-6H,16H2,1H3. The SMILES string of the molecule is Cn1c(-c2cc(N)c(F)cc2F)nc2cnccc21. The predicted octanol–water partition coefficient (Wildman–Crippen LogP) is 2.50. The van der Waals surface area contributed by atoms with Crippen LogP contribution in [0.2, 0.25) is 0 Å². The first-order valence-corrected chi connectivity index (χ1v) is 5.59. The van der Waals surface area contributed by atoms with Crippen LogP contribution in [-0.4, -0.2) is 14.5 Å². The number of benzene rings is 1. The molecule has 0 fully saturated rings. The molecule has 2 N–H and O–H groups in total. The molecule has 96 valence electrons. The lowest BCUT2D eigenvalue weighted by atomic mass is 10.1. The fourth-order valence-electron chi connectivity index (χ4n) is 2.03. The van der Waals surface area contributed by atoms with Crippen molar-refractivity contribution in [2.45, 2.75) is 0 Å². The lowest BCUT2D eigenvalue weighted by molar-refractivity contribution is 0.587. The first-order valence-electron chi connectivity index (χ1n) is 5.59. The maximum atomic E-state index is 13.9. The largest absolute Gasteiger partial charge is 0.396 e. The molecule has 2 heterocycles. The second-order valence-electron chi connectivity index (χ2n) is 4.21. The molecule has 0 unspecified atom stereocenters. The highest BCUT2D eigenvalue weighted by molar-refractivity contribution is 5.80. The van der Waals surface area contributed by atoms with E-state index in [4.69, 9.17) is 5.73 Å². The summed E-state index contributed by atoms with van der Waals surface area (Å²) in [5.41, 5.74) is 6.99. The average Bonchev–Trinajstić information content (AvgIpc) is 2.72. The smallest absolute Gasteiger partial charge is 0.149 e. The zero-order valence-electron chi connectivity index (χ0n) is 10.1. The number of imidazole rings is 1. The molecular weight excluding hydrogens is 250 g/mol. The van der Waals surface area contributed by atoms with Crippen LogP contribution in [0.25, 0.3) is 22.4 Å². The van der Waals surface area contributed by atoms with Crippen molar-refractivity contribution in [3.05, 3.63) is 42.2 Å². The Morgan fingerprint density at radius 3 is 2.74 bits per heavy atom. The molecule has 0 saturated carbocycles. The Hall–Kier alpha value is -2.50. The van der Waals surface area contributed by atoms with E-state index in [-0.39, 0.29) is 11.3 Å². The zero-order chi connectivity index (χ0) is 13.6. The van der Waals surface area contributed by atoms with Crippen LogP contribution >= 0.6 is 0 Å². The molecule has 6 heteroatoms. The van der Waals surface area contributed by atoms with Gasteiger partial charge in [0.15, 0.2) is 0 Å². The van der Waals surface area contributed by atoms with E-state index in [1.807, 2.05) is 0 Å². The monoisotopic (exact) mass is 260 g/mol. The summed E-state index contributed by atoms with van der Waals surface area (Å²) in [6.45, 7) is 0. The highest BCUT2D eigenvalue weighted by atomic mass is 19.1. The second kappa shape index (κ2) is 4.01. The molecular formula is C13H10F2N4. The van der Waals surface area contributed by atoms with Crippen molar-refractivity contribution in [1.82, 2.24) is 14.5 Å². The Morgan fingerprint density at radius 1 is 1.21 bits per heavy atom. The summed E-state index contributed by atoms with van der Waals surface area (Å²) in [5, 5.41) is 0. The number of rotatable bonds is 1. The Morgan fingerprint density at radius 2 is 2.00 bits per heavy atom. The van der Waals surface area contributed by atoms with Crippen molar-refractivity contribution < 1.29 is 8.78 Å². The van der Waals surface area contributed by atoms with Crippen LogP contribution in [0.4, 0.5) is 14.5 Å². The number of nitrogen functional groups attached to an aromatic ring is 1. The molecule has 2 aromatic heterocycles. The van der Waals surface area contributed by atoms with E-state index < -0.39 is 11.6 Å². The summed E-state index contributed by atoms with van der Waals surface area (Å²) in [6, 6.07) is 3.79. The molecule has 0 amide bonds. The molecule has 0 bridgehead atoms. The Kier molecular flexibility index (Phi) is 2.45. The van der Waals surface area contributed by atoms with Gasteiger partial charge in [-0.3, -0.25) is 4.98 Å². The van der Waals surface area contributed by atoms with E-state index in [1.54, 1.807) is 30.1 Å². The van der Waals surface area contributed by atoms with Crippen LogP contribution in [0.3, 0.4) is 0 Å². The van der Waals surface area contributed by atoms with Gasteiger partial charge in [0.25, 0.3) is 0 Å². The first-order chi connectivity index (χ1) is 9.08. The van der Waals surface area contributed by atoms with Gasteiger partial charge in [-0.1, -0.05) is 0 Å². The molecule has 0 aliphatic heterocycles. The van der Waals surface area contributed by atoms with Gasteiger partial charge in [0.05, 0.1) is 23.0 Å². The molecule has 0 atom stereocenters. The van der Waals surface area contributed by atoms with E-state index in [1.165, 1.54) is 6.07 Å². The number of aromatic nitrogens is 3. The van der Waals surface area contributed by atoms with E-state index in [9.17, 15) is 8.78 Å². The number of halogens is 2. The van der Waals surface area contributed by atoms with Gasteiger partial charge in [0.2, 0.25) is 0 Å². The summed E-state index contributed by atoms with van der Waals surface area (Å²) in [7, 11) is 1.75. The quantitative estimate of drug-likeness (QED) is 0.684. The van der Waals surface area contributed by atoms with Crippen molar-refractivity contribution in [2.24, 2.45) is 7.05 Å². The predicted molar refractivity (Wildman–Crippen MR) is 68.3 cm³/mol. The molecule has 0 spiro atoms. The van der Waals surface area contributed by atoms with Gasteiger partial charge >= 0.3 is 0 Å². The van der Waals surface area contributed by atoms with Crippen LogP contribution in [0.1, 0.15) is 0 Å². The van der Waals surface area contributed by atoms with Gasteiger partial charge in [-0.25, -0.2) is 13.8 Å². The fraction of sp³-hybridized carbons (Fsp3) is 0.0769. The summed E-state index contributed by atoms with van der Waals surface area (Å²) in [5.74, 6) is -1.09. The Bertz CT molecular complexity index is 780. The van der Waals surface area contributed by atoms with Gasteiger partial charge in [-0.15, -0.1) is 0 Å². The molecule has 3 aromatic rings. The summed E-state index contributed by atoms with van der Waals surface area (Å²) >= 11 is 0. The lowest BCUT2D eigenvalue weighted by Gasteiger charge is -2.06. The number of nitrogens with two attached hydrogens (primary N) is 1. The van der Waals surface area contributed by atoms with Crippen molar-refractivity contribution >= 4 is 16.7 Å². The molecule has 1 aromatic carbocycles. The van der Waals surface area contributed by atoms with Gasteiger partial charge in [-0.05, 0) is 12.1 Å². The molecule has 0 aliphatic rings. The third-order valence-corrected chi connectivity index (χ3v) is 3.01. The zero-order valence-corrected chi connectivity index (χ0v) is 10.1. The van der Waals surface area contributed by atoms with E-state index in [2.05, 4.69) is 9.97 Å². The highest BCUT2D eigenvalue weighted by Crippen LogP contribution is 2.28. The van der Waals surface area contributed by atoms with Crippen LogP contribution < -0.4 is 5.73 Å². The molecule has 0 saturated heterocycles. The van der Waals surface area contributed by atoms with E-state index in [0.29, 0.717) is 11.3 Å². The maximum Gasteiger partial charge on any atom is 0.149 e. The third kappa shape index (κ3) is 1.72. The number of anilines is 1. The Labute approximate surface area is 107 Å². The van der Waals surface area contributed by atoms with Crippen LogP contribution in [-0.2, 0) is 7.05 Å². The van der Waals surface area contributed by atoms with Crippen LogP contribution in [0.5, 0.6) is 0 Å². The second-order valence-corrected chi connectivity index (χ2v) is 4.21. The molecule has 3 rings (SSSR count). The summed E-state index contributed by atoms with van der Waals surface area (Å²) in [6.07, 6.45) is 3.22. The minimum absolute atomic E-state index is 0.110. The third-order valence-electron chi connectivity index (χ3n) is 3.01. The normalized spacial score (nSPS) is 11.1. The van der Waals surface area contributed by atoms with Crippen molar-refractivity contribution in [2.75, 3.05) is 5.73 Å². The van der Waals surface area contributed by atoms with E-state index in [0.717, 1.165) is 11.6 Å². The van der Waals surface area contributed by atoms with Gasteiger partial charge in [-0.2, -0.15) is 0 Å². The summed E-state index contributed by atoms with van der Waals surface area (Å²) < 4.78 is 28.8. The summed E-state index contributed by atoms with van der Waals surface area (Å²) in [4.78, 5) is 8.26. The number of fused-ring (bicyclic) bond motifs is 1. The minimum atomic E-state index is -0.776. The van der Waals surface area contributed by atoms with Crippen LogP contribution in [0, 0.1) is 11.6 Å². The molecule has 4 nitrogen and oxygen atoms in total. The number of pyridine rings is 1. The van der Waals surface area contributed by atoms with Crippen molar-refractivity contribution in [3.63, 3.8) is 0 Å². The minimum Gasteiger partial charge on any atom is -0.396 e. The maximum absolute atomic E-state index is 13.9. The highest BCUT2D eigenvalue weighted by Gasteiger charge is 2.16. The lowest BCUT2D eigenvalue weighted by Crippen LogP contribution is -1.99. The van der Waals surface area contributed by atoms with Gasteiger partial charge in [0, 0.05) is 19.3 Å². The number of aryl methyl sites for hydroxylation is 1. The fourth-order valence-corrected chi connectivity index (χ4v) is 2.03. The topological polar surface area (TPSA) is 56.7 Å². The molecule has 19 heavy (non-hydrogen) atoms. The van der Waals surface area contributed by atoms with Crippen molar-refractivity contribution in [1.29, 1.82) is 0 Å². The van der Waals surface area contributed by atoms with E-state index >= 15 is 0 Å².